The van der Waals surface area contributed by atoms with Gasteiger partial charge in [0.2, 0.25) is 0 Å². The highest BCUT2D eigenvalue weighted by Gasteiger charge is 2.40. The molecule has 1 unspecified atom stereocenters. The third-order valence-corrected chi connectivity index (χ3v) is 4.99. The molecule has 1 saturated carbocycles. The Bertz CT molecular complexity index is 443. The molecule has 0 aliphatic heterocycles. The summed E-state index contributed by atoms with van der Waals surface area (Å²) in [7, 11) is 0. The zero-order valence-electron chi connectivity index (χ0n) is 15.9. The maximum Gasteiger partial charge on any atom is 0.407 e. The lowest BCUT2D eigenvalue weighted by molar-refractivity contribution is 0.0394. The third kappa shape index (κ3) is 7.50. The van der Waals surface area contributed by atoms with Crippen molar-refractivity contribution in [2.45, 2.75) is 77.9 Å². The van der Waals surface area contributed by atoms with E-state index < -0.39 is 17.8 Å². The highest BCUT2D eigenvalue weighted by Crippen LogP contribution is 2.49. The Morgan fingerprint density at radius 3 is 2.32 bits per heavy atom. The number of carbonyl (C=O) groups is 2. The zero-order valence-corrected chi connectivity index (χ0v) is 15.9. The number of carbonyl (C=O) groups excluding carboxylic acids is 1. The van der Waals surface area contributed by atoms with E-state index in [4.69, 9.17) is 9.84 Å². The molecule has 0 heterocycles. The normalized spacial score (nSPS) is 18.6. The molecule has 2 atom stereocenters. The molecule has 0 radical (unpaired) electrons. The second-order valence-corrected chi connectivity index (χ2v) is 8.14. The maximum absolute atomic E-state index is 11.8. The lowest BCUT2D eigenvalue weighted by Gasteiger charge is -2.45. The molecule has 0 aromatic heterocycles. The zero-order chi connectivity index (χ0) is 19.1. The molecule has 0 saturated heterocycles. The van der Waals surface area contributed by atoms with Crippen LogP contribution in [0.25, 0.3) is 0 Å². The number of hydrogen-bond donors (Lipinski definition) is 4. The van der Waals surface area contributed by atoms with Gasteiger partial charge >= 0.3 is 12.2 Å². The number of nitrogens with one attached hydrogen (secondary N) is 2. The molecule has 0 bridgehead atoms. The van der Waals surface area contributed by atoms with Crippen LogP contribution in [0.5, 0.6) is 0 Å². The Morgan fingerprint density at radius 2 is 1.92 bits per heavy atom. The molecule has 2 amide bonds. The number of ether oxygens (including phenoxy) is 1. The maximum atomic E-state index is 11.8. The van der Waals surface area contributed by atoms with E-state index in [9.17, 15) is 14.7 Å². The van der Waals surface area contributed by atoms with Gasteiger partial charge in [0.15, 0.2) is 0 Å². The van der Waals surface area contributed by atoms with Gasteiger partial charge in [-0.2, -0.15) is 0 Å². The van der Waals surface area contributed by atoms with Gasteiger partial charge in [0.1, 0.15) is 5.60 Å². The third-order valence-electron chi connectivity index (χ3n) is 4.99. The van der Waals surface area contributed by atoms with Gasteiger partial charge in [-0.1, -0.05) is 13.3 Å². The molecule has 4 N–H and O–H groups in total. The van der Waals surface area contributed by atoms with Gasteiger partial charge in [-0.15, -0.1) is 0 Å². The predicted molar refractivity (Wildman–Crippen MR) is 95.6 cm³/mol. The molecule has 7 heteroatoms. The van der Waals surface area contributed by atoms with E-state index in [1.807, 2.05) is 27.7 Å². The van der Waals surface area contributed by atoms with E-state index in [1.54, 1.807) is 0 Å². The van der Waals surface area contributed by atoms with Crippen molar-refractivity contribution < 1.29 is 24.5 Å². The SMILES string of the molecule is CC[C@@H](NC(=O)O)C(CO)CC1(CCNC(=O)OC(C)(C)C)CCC1. The minimum Gasteiger partial charge on any atom is -0.465 e. The van der Waals surface area contributed by atoms with Crippen molar-refractivity contribution >= 4 is 12.2 Å². The van der Waals surface area contributed by atoms with Crippen LogP contribution in [0.3, 0.4) is 0 Å². The number of amides is 2. The van der Waals surface area contributed by atoms with Crippen molar-refractivity contribution in [1.29, 1.82) is 0 Å². The predicted octanol–water partition coefficient (Wildman–Crippen LogP) is 3.12. The van der Waals surface area contributed by atoms with Gasteiger partial charge in [-0.3, -0.25) is 0 Å². The van der Waals surface area contributed by atoms with E-state index in [0.29, 0.717) is 13.0 Å². The van der Waals surface area contributed by atoms with Gasteiger partial charge < -0.3 is 25.6 Å². The quantitative estimate of drug-likeness (QED) is 0.506. The molecular weight excluding hydrogens is 324 g/mol. The first-order valence-corrected chi connectivity index (χ1v) is 9.18. The van der Waals surface area contributed by atoms with Gasteiger partial charge in [-0.25, -0.2) is 9.59 Å². The largest absolute Gasteiger partial charge is 0.465 e. The van der Waals surface area contributed by atoms with Crippen LogP contribution >= 0.6 is 0 Å². The topological polar surface area (TPSA) is 108 Å². The monoisotopic (exact) mass is 358 g/mol. The van der Waals surface area contributed by atoms with Crippen LogP contribution < -0.4 is 10.6 Å². The van der Waals surface area contributed by atoms with Crippen LogP contribution in [0.4, 0.5) is 9.59 Å². The Labute approximate surface area is 150 Å². The highest BCUT2D eigenvalue weighted by molar-refractivity contribution is 5.67. The van der Waals surface area contributed by atoms with E-state index in [2.05, 4.69) is 10.6 Å². The van der Waals surface area contributed by atoms with Crippen molar-refractivity contribution in [3.05, 3.63) is 0 Å². The number of aliphatic hydroxyl groups excluding tert-OH is 1. The summed E-state index contributed by atoms with van der Waals surface area (Å²) < 4.78 is 5.24. The molecule has 1 aliphatic rings. The van der Waals surface area contributed by atoms with E-state index in [0.717, 1.165) is 32.1 Å². The Balaban J connectivity index is 2.54. The summed E-state index contributed by atoms with van der Waals surface area (Å²) in [5.74, 6) is -0.108. The van der Waals surface area contributed by atoms with Gasteiger partial charge in [0.05, 0.1) is 0 Å². The molecular formula is C18H34N2O5. The first-order chi connectivity index (χ1) is 11.6. The fourth-order valence-corrected chi connectivity index (χ4v) is 3.58. The minimum atomic E-state index is -1.06. The van der Waals surface area contributed by atoms with Crippen molar-refractivity contribution in [2.75, 3.05) is 13.2 Å². The summed E-state index contributed by atoms with van der Waals surface area (Å²) in [6.07, 6.45) is 3.97. The number of hydrogen-bond acceptors (Lipinski definition) is 4. The Kier molecular flexibility index (Phi) is 7.99. The fourth-order valence-electron chi connectivity index (χ4n) is 3.58. The average molecular weight is 358 g/mol. The van der Waals surface area contributed by atoms with Crippen LogP contribution in [0.2, 0.25) is 0 Å². The Morgan fingerprint density at radius 1 is 1.28 bits per heavy atom. The van der Waals surface area contributed by atoms with E-state index in [-0.39, 0.29) is 24.0 Å². The van der Waals surface area contributed by atoms with Crippen molar-refractivity contribution in [3.63, 3.8) is 0 Å². The smallest absolute Gasteiger partial charge is 0.407 e. The molecule has 25 heavy (non-hydrogen) atoms. The van der Waals surface area contributed by atoms with Crippen molar-refractivity contribution in [3.8, 4) is 0 Å². The van der Waals surface area contributed by atoms with E-state index >= 15 is 0 Å². The van der Waals surface area contributed by atoms with E-state index in [1.165, 1.54) is 0 Å². The van der Waals surface area contributed by atoms with Gasteiger partial charge in [0, 0.05) is 25.1 Å². The van der Waals surface area contributed by atoms with Crippen molar-refractivity contribution in [1.82, 2.24) is 10.6 Å². The highest BCUT2D eigenvalue weighted by atomic mass is 16.6. The minimum absolute atomic E-state index is 0.0416. The molecule has 146 valence electrons. The lowest BCUT2D eigenvalue weighted by atomic mass is 9.61. The van der Waals surface area contributed by atoms with Crippen LogP contribution in [0.1, 0.15) is 66.2 Å². The molecule has 0 aromatic carbocycles. The molecule has 1 fully saturated rings. The molecule has 1 rings (SSSR count). The van der Waals surface area contributed by atoms with Gasteiger partial charge in [0.25, 0.3) is 0 Å². The Hall–Kier alpha value is -1.50. The molecule has 0 spiro atoms. The lowest BCUT2D eigenvalue weighted by Crippen LogP contribution is -2.45. The first kappa shape index (κ1) is 21.5. The summed E-state index contributed by atoms with van der Waals surface area (Å²) in [6.45, 7) is 7.88. The summed E-state index contributed by atoms with van der Waals surface area (Å²) in [5, 5.41) is 24.0. The van der Waals surface area contributed by atoms with Crippen LogP contribution in [-0.4, -0.2) is 47.2 Å². The second kappa shape index (κ2) is 9.27. The van der Waals surface area contributed by atoms with Crippen molar-refractivity contribution in [2.24, 2.45) is 11.3 Å². The summed E-state index contributed by atoms with van der Waals surface area (Å²) >= 11 is 0. The standard InChI is InChI=1S/C18H34N2O5/c1-5-14(20-15(22)23)13(12-21)11-18(7-6-8-18)9-10-19-16(24)25-17(2,3)4/h13-14,20-21H,5-12H2,1-4H3,(H,19,24)(H,22,23)/t13?,14-/m1/s1. The number of aliphatic hydroxyl groups is 1. The van der Waals surface area contributed by atoms with Crippen LogP contribution in [0, 0.1) is 11.3 Å². The molecule has 7 nitrogen and oxygen atoms in total. The number of rotatable bonds is 9. The molecule has 1 aliphatic carbocycles. The molecule has 0 aromatic rings. The first-order valence-electron chi connectivity index (χ1n) is 9.18. The average Bonchev–Trinajstić information content (AvgIpc) is 2.45. The number of carboxylic acid groups (broad SMARTS) is 1. The van der Waals surface area contributed by atoms with Crippen LogP contribution in [0.15, 0.2) is 0 Å². The summed E-state index contributed by atoms with van der Waals surface area (Å²) in [4.78, 5) is 22.7. The second-order valence-electron chi connectivity index (χ2n) is 8.14. The fraction of sp³-hybridized carbons (Fsp3) is 0.889. The summed E-state index contributed by atoms with van der Waals surface area (Å²) in [6, 6.07) is -0.251. The van der Waals surface area contributed by atoms with Crippen LogP contribution in [-0.2, 0) is 4.74 Å². The summed E-state index contributed by atoms with van der Waals surface area (Å²) in [5.41, 5.74) is -0.451. The van der Waals surface area contributed by atoms with Gasteiger partial charge in [-0.05, 0) is 58.3 Å². The number of alkyl carbamates (subject to hydrolysis) is 1.